The number of nitriles is 1. The normalized spacial score (nSPS) is 13.8. The van der Waals surface area contributed by atoms with Gasteiger partial charge in [-0.3, -0.25) is 4.90 Å². The van der Waals surface area contributed by atoms with E-state index in [0.29, 0.717) is 0 Å². The van der Waals surface area contributed by atoms with Gasteiger partial charge in [-0.1, -0.05) is 78.9 Å². The minimum atomic E-state index is -0.607. The lowest BCUT2D eigenvalue weighted by Gasteiger charge is -2.31. The fourth-order valence-electron chi connectivity index (χ4n) is 5.07. The Morgan fingerprint density at radius 1 is 0.875 bits per heavy atom. The number of hydrogen-bond donors (Lipinski definition) is 1. The smallest absolute Gasteiger partial charge is 0.107 e. The maximum atomic E-state index is 10.4. The molecule has 1 aromatic heterocycles. The van der Waals surface area contributed by atoms with Gasteiger partial charge in [0.25, 0.3) is 0 Å². The fraction of sp³-hybridized carbons (Fsp3) is 0.250. The van der Waals surface area contributed by atoms with Crippen LogP contribution in [0.3, 0.4) is 0 Å². The van der Waals surface area contributed by atoms with Crippen LogP contribution in [-0.4, -0.2) is 23.0 Å². The Morgan fingerprint density at radius 2 is 1.50 bits per heavy atom. The molecule has 0 saturated heterocycles. The molecule has 0 saturated carbocycles. The van der Waals surface area contributed by atoms with E-state index in [0.717, 1.165) is 50.0 Å². The van der Waals surface area contributed by atoms with Gasteiger partial charge in [0.1, 0.15) is 5.41 Å². The van der Waals surface area contributed by atoms with E-state index >= 15 is 0 Å². The van der Waals surface area contributed by atoms with E-state index in [9.17, 15) is 5.26 Å². The highest BCUT2D eigenvalue weighted by Crippen LogP contribution is 2.36. The van der Waals surface area contributed by atoms with Crippen LogP contribution in [0.1, 0.15) is 35.2 Å². The van der Waals surface area contributed by atoms with Gasteiger partial charge in [0.05, 0.1) is 6.07 Å². The predicted molar refractivity (Wildman–Crippen MR) is 133 cm³/mol. The summed E-state index contributed by atoms with van der Waals surface area (Å²) >= 11 is 0. The first kappa shape index (κ1) is 22.1. The van der Waals surface area contributed by atoms with Crippen molar-refractivity contribution in [1.82, 2.24) is 9.88 Å². The Balaban J connectivity index is 0.00000245. The van der Waals surface area contributed by atoms with Crippen molar-refractivity contribution in [2.45, 2.75) is 31.2 Å². The van der Waals surface area contributed by atoms with Gasteiger partial charge in [0.15, 0.2) is 0 Å². The van der Waals surface area contributed by atoms with Crippen LogP contribution in [0.15, 0.2) is 84.9 Å². The van der Waals surface area contributed by atoms with Crippen molar-refractivity contribution in [3.05, 3.63) is 107 Å². The van der Waals surface area contributed by atoms with Crippen molar-refractivity contribution in [1.29, 1.82) is 5.26 Å². The molecule has 0 unspecified atom stereocenters. The predicted octanol–water partition coefficient (Wildman–Crippen LogP) is 6.24. The number of rotatable bonds is 6. The summed E-state index contributed by atoms with van der Waals surface area (Å²) in [5, 5.41) is 11.7. The summed E-state index contributed by atoms with van der Waals surface area (Å²) in [7, 11) is 0. The lowest BCUT2D eigenvalue weighted by atomic mass is 9.72. The highest BCUT2D eigenvalue weighted by molar-refractivity contribution is 5.85. The second kappa shape index (κ2) is 9.61. The molecule has 0 aliphatic carbocycles. The number of para-hydroxylation sites is 1. The van der Waals surface area contributed by atoms with E-state index in [2.05, 4.69) is 64.5 Å². The Bertz CT molecular complexity index is 1170. The molecule has 1 N–H and O–H groups in total. The molecular weight excluding hydrogens is 414 g/mol. The van der Waals surface area contributed by atoms with Crippen molar-refractivity contribution in [2.75, 3.05) is 13.1 Å². The van der Waals surface area contributed by atoms with Crippen LogP contribution in [0.5, 0.6) is 0 Å². The molecule has 0 fully saturated rings. The Hall–Kier alpha value is -3.06. The SMILES string of the molecule is Cl.N#CC(CCCN1CCc2[nH]c3ccccc3c2C1)(c1ccccc1)c1ccccc1. The second-order valence-electron chi connectivity index (χ2n) is 8.51. The second-order valence-corrected chi connectivity index (χ2v) is 8.51. The summed E-state index contributed by atoms with van der Waals surface area (Å²) in [5.41, 5.74) is 5.63. The van der Waals surface area contributed by atoms with E-state index in [-0.39, 0.29) is 12.4 Å². The molecule has 1 aliphatic heterocycles. The zero-order valence-electron chi connectivity index (χ0n) is 18.1. The molecule has 0 amide bonds. The monoisotopic (exact) mass is 441 g/mol. The van der Waals surface area contributed by atoms with Gasteiger partial charge in [0, 0.05) is 36.1 Å². The van der Waals surface area contributed by atoms with Crippen molar-refractivity contribution in [2.24, 2.45) is 0 Å². The van der Waals surface area contributed by atoms with Crippen molar-refractivity contribution in [3.63, 3.8) is 0 Å². The lowest BCUT2D eigenvalue weighted by molar-refractivity contribution is 0.245. The highest BCUT2D eigenvalue weighted by Gasteiger charge is 2.34. The third-order valence-corrected chi connectivity index (χ3v) is 6.71. The molecule has 3 nitrogen and oxygen atoms in total. The van der Waals surface area contributed by atoms with Crippen LogP contribution in [0.4, 0.5) is 0 Å². The minimum absolute atomic E-state index is 0. The largest absolute Gasteiger partial charge is 0.358 e. The van der Waals surface area contributed by atoms with Crippen LogP contribution in [0, 0.1) is 11.3 Å². The number of aromatic nitrogens is 1. The number of halogens is 1. The Labute approximate surface area is 196 Å². The lowest BCUT2D eigenvalue weighted by Crippen LogP contribution is -2.33. The molecular formula is C28H28ClN3. The third kappa shape index (κ3) is 4.05. The molecule has 0 bridgehead atoms. The molecule has 32 heavy (non-hydrogen) atoms. The Morgan fingerprint density at radius 3 is 2.16 bits per heavy atom. The van der Waals surface area contributed by atoms with Gasteiger partial charge in [-0.15, -0.1) is 12.4 Å². The molecule has 3 aromatic carbocycles. The quantitative estimate of drug-likeness (QED) is 0.385. The van der Waals surface area contributed by atoms with E-state index in [1.165, 1.54) is 22.2 Å². The van der Waals surface area contributed by atoms with Gasteiger partial charge in [-0.05, 0) is 42.1 Å². The summed E-state index contributed by atoms with van der Waals surface area (Å²) in [6, 6.07) is 31.8. The van der Waals surface area contributed by atoms with E-state index in [1.807, 2.05) is 36.4 Å². The molecule has 4 aromatic rings. The van der Waals surface area contributed by atoms with Gasteiger partial charge < -0.3 is 4.98 Å². The van der Waals surface area contributed by atoms with E-state index in [4.69, 9.17) is 0 Å². The summed E-state index contributed by atoms with van der Waals surface area (Å²) < 4.78 is 0. The van der Waals surface area contributed by atoms with Crippen LogP contribution < -0.4 is 0 Å². The van der Waals surface area contributed by atoms with E-state index in [1.54, 1.807) is 0 Å². The van der Waals surface area contributed by atoms with Gasteiger partial charge in [-0.2, -0.15) is 5.26 Å². The number of aromatic amines is 1. The topological polar surface area (TPSA) is 42.8 Å². The highest BCUT2D eigenvalue weighted by atomic mass is 35.5. The fourth-order valence-corrected chi connectivity index (χ4v) is 5.07. The van der Waals surface area contributed by atoms with Crippen molar-refractivity contribution in [3.8, 4) is 6.07 Å². The minimum Gasteiger partial charge on any atom is -0.358 e. The zero-order chi connectivity index (χ0) is 21.1. The standard InChI is InChI=1S/C28H27N3.ClH/c29-21-28(22-10-3-1-4-11-22,23-12-5-2-6-13-23)17-9-18-31-19-16-27-25(20-31)24-14-7-8-15-26(24)30-27;/h1-8,10-15,30H,9,16-20H2;1H. The van der Waals surface area contributed by atoms with Gasteiger partial charge in [0.2, 0.25) is 0 Å². The number of nitrogens with one attached hydrogen (secondary N) is 1. The molecule has 1 aliphatic rings. The maximum absolute atomic E-state index is 10.4. The summed E-state index contributed by atoms with van der Waals surface area (Å²) in [4.78, 5) is 6.14. The average molecular weight is 442 g/mol. The number of hydrogen-bond acceptors (Lipinski definition) is 2. The van der Waals surface area contributed by atoms with Gasteiger partial charge in [-0.25, -0.2) is 0 Å². The Kier molecular flexibility index (Phi) is 6.65. The first-order chi connectivity index (χ1) is 15.3. The summed E-state index contributed by atoms with van der Waals surface area (Å²) in [6.45, 7) is 3.05. The first-order valence-electron chi connectivity index (χ1n) is 11.1. The zero-order valence-corrected chi connectivity index (χ0v) is 18.9. The van der Waals surface area contributed by atoms with Crippen molar-refractivity contribution >= 4 is 23.3 Å². The average Bonchev–Trinajstić information content (AvgIpc) is 3.21. The molecule has 2 heterocycles. The van der Waals surface area contributed by atoms with Crippen LogP contribution in [0.25, 0.3) is 10.9 Å². The third-order valence-electron chi connectivity index (χ3n) is 6.71. The molecule has 4 heteroatoms. The number of benzene rings is 3. The molecule has 162 valence electrons. The molecule has 0 radical (unpaired) electrons. The first-order valence-corrected chi connectivity index (χ1v) is 11.1. The van der Waals surface area contributed by atoms with Crippen molar-refractivity contribution < 1.29 is 0 Å². The number of nitrogens with zero attached hydrogens (tertiary/aromatic N) is 2. The van der Waals surface area contributed by atoms with Gasteiger partial charge >= 0.3 is 0 Å². The molecule has 0 atom stereocenters. The maximum Gasteiger partial charge on any atom is 0.107 e. The van der Waals surface area contributed by atoms with Crippen LogP contribution >= 0.6 is 12.4 Å². The summed E-state index contributed by atoms with van der Waals surface area (Å²) in [5.74, 6) is 0. The molecule has 0 spiro atoms. The molecule has 5 rings (SSSR count). The van der Waals surface area contributed by atoms with Crippen LogP contribution in [-0.2, 0) is 18.4 Å². The number of fused-ring (bicyclic) bond motifs is 3. The van der Waals surface area contributed by atoms with Crippen LogP contribution in [0.2, 0.25) is 0 Å². The van der Waals surface area contributed by atoms with E-state index < -0.39 is 5.41 Å². The summed E-state index contributed by atoms with van der Waals surface area (Å²) in [6.07, 6.45) is 2.86. The number of H-pyrrole nitrogens is 1.